The van der Waals surface area contributed by atoms with Gasteiger partial charge >= 0.3 is 0 Å². The van der Waals surface area contributed by atoms with Gasteiger partial charge in [0.25, 0.3) is 5.91 Å². The fraction of sp³-hybridized carbons (Fsp3) is 0.125. The summed E-state index contributed by atoms with van der Waals surface area (Å²) in [5.41, 5.74) is 3.36. The first kappa shape index (κ1) is 33.4. The summed E-state index contributed by atoms with van der Waals surface area (Å²) in [6, 6.07) is 37.1. The van der Waals surface area contributed by atoms with Crippen molar-refractivity contribution in [2.75, 3.05) is 6.54 Å². The maximum Gasteiger partial charge on any atom is 0.252 e. The van der Waals surface area contributed by atoms with E-state index in [9.17, 15) is 30.0 Å². The van der Waals surface area contributed by atoms with Gasteiger partial charge in [-0.3, -0.25) is 9.59 Å². The lowest BCUT2D eigenvalue weighted by Crippen LogP contribution is -2.49. The number of aromatic nitrogens is 2. The predicted octanol–water partition coefficient (Wildman–Crippen LogP) is 5.25. The van der Waals surface area contributed by atoms with Gasteiger partial charge in [-0.25, -0.2) is 4.98 Å². The number of rotatable bonds is 12. The van der Waals surface area contributed by atoms with Crippen LogP contribution in [0.4, 0.5) is 0 Å². The summed E-state index contributed by atoms with van der Waals surface area (Å²) in [7, 11) is 0. The lowest BCUT2D eigenvalue weighted by molar-refractivity contribution is -0.122. The summed E-state index contributed by atoms with van der Waals surface area (Å²) < 4.78 is 2.03. The number of phenolic OH excluding ortho intramolecular Hbond substituents is 4. The van der Waals surface area contributed by atoms with E-state index in [0.29, 0.717) is 17.7 Å². The van der Waals surface area contributed by atoms with Crippen molar-refractivity contribution >= 4 is 11.8 Å². The van der Waals surface area contributed by atoms with Gasteiger partial charge in [-0.1, -0.05) is 97.1 Å². The van der Waals surface area contributed by atoms with E-state index in [0.717, 1.165) is 22.8 Å². The Labute approximate surface area is 289 Å². The Morgan fingerprint density at radius 3 is 1.76 bits per heavy atom. The van der Waals surface area contributed by atoms with E-state index in [4.69, 9.17) is 0 Å². The number of nitrogens with zero attached hydrogens (tertiary/aromatic N) is 2. The van der Waals surface area contributed by atoms with E-state index in [1.54, 1.807) is 18.6 Å². The van der Waals surface area contributed by atoms with Crippen LogP contribution in [-0.2, 0) is 23.2 Å². The summed E-state index contributed by atoms with van der Waals surface area (Å²) in [6.45, 7) is 0.177. The van der Waals surface area contributed by atoms with Crippen molar-refractivity contribution in [1.82, 2.24) is 20.2 Å². The van der Waals surface area contributed by atoms with E-state index < -0.39 is 29.1 Å². The highest BCUT2D eigenvalue weighted by atomic mass is 16.3. The van der Waals surface area contributed by atoms with Crippen LogP contribution in [0.2, 0.25) is 0 Å². The van der Waals surface area contributed by atoms with Crippen molar-refractivity contribution in [1.29, 1.82) is 0 Å². The zero-order valence-corrected chi connectivity index (χ0v) is 27.0. The van der Waals surface area contributed by atoms with Crippen LogP contribution in [0, 0.1) is 0 Å². The Balaban J connectivity index is 1.39. The van der Waals surface area contributed by atoms with Gasteiger partial charge in [0.2, 0.25) is 5.91 Å². The minimum Gasteiger partial charge on any atom is -0.504 e. The van der Waals surface area contributed by atoms with Crippen molar-refractivity contribution in [3.63, 3.8) is 0 Å². The average Bonchev–Trinajstić information content (AvgIpc) is 3.60. The molecule has 2 amide bonds. The van der Waals surface area contributed by atoms with Crippen LogP contribution in [0.15, 0.2) is 140 Å². The van der Waals surface area contributed by atoms with E-state index in [1.807, 2.05) is 95.6 Å². The van der Waals surface area contributed by atoms with Crippen molar-refractivity contribution < 1.29 is 30.0 Å². The molecule has 252 valence electrons. The second-order valence-corrected chi connectivity index (χ2v) is 11.9. The molecule has 10 nitrogen and oxygen atoms in total. The normalized spacial score (nSPS) is 11.8. The van der Waals surface area contributed by atoms with E-state index >= 15 is 0 Å². The van der Waals surface area contributed by atoms with Gasteiger partial charge in [-0.15, -0.1) is 0 Å². The van der Waals surface area contributed by atoms with Crippen molar-refractivity contribution in [3.05, 3.63) is 173 Å². The molecule has 0 radical (unpaired) electrons. The molecule has 5 aromatic carbocycles. The molecule has 0 aliphatic carbocycles. The third-order valence-corrected chi connectivity index (χ3v) is 8.68. The first-order valence-electron chi connectivity index (χ1n) is 16.1. The number of hydrogen-bond acceptors (Lipinski definition) is 7. The molecule has 1 heterocycles. The summed E-state index contributed by atoms with van der Waals surface area (Å²) in [5.74, 6) is -2.44. The maximum absolute atomic E-state index is 13.9. The molecule has 0 aliphatic heterocycles. The Bertz CT molecular complexity index is 1990. The second-order valence-electron chi connectivity index (χ2n) is 11.9. The van der Waals surface area contributed by atoms with Crippen LogP contribution >= 0.6 is 0 Å². The third-order valence-electron chi connectivity index (χ3n) is 8.68. The van der Waals surface area contributed by atoms with Crippen LogP contribution in [0.3, 0.4) is 0 Å². The molecule has 0 bridgehead atoms. The maximum atomic E-state index is 13.9. The standard InChI is InChI=1S/C40H36N4O6/c45-34-18-16-27(22-36(34)47)20-21-42-39(50)33(43-38(49)28-17-19-35(46)37(48)23-28)24-32-25-41-26-44(32)40(29-10-4-1-5-11-29,30-12-6-2-7-13-30)31-14-8-3-9-15-31/h1-19,22-23,25-26,33,45-48H,20-21,24H2,(H,42,50)(H,43,49)/t33-/m0/s1. The molecule has 6 rings (SSSR count). The Kier molecular flexibility index (Phi) is 9.80. The van der Waals surface area contributed by atoms with Gasteiger partial charge in [0, 0.05) is 30.4 Å². The molecule has 0 fully saturated rings. The highest BCUT2D eigenvalue weighted by molar-refractivity contribution is 5.98. The number of amides is 2. The molecule has 6 aromatic rings. The van der Waals surface area contributed by atoms with E-state index in [-0.39, 0.29) is 35.8 Å². The van der Waals surface area contributed by atoms with Gasteiger partial charge in [-0.2, -0.15) is 0 Å². The Hall–Kier alpha value is -6.55. The fourth-order valence-corrected chi connectivity index (χ4v) is 6.23. The molecule has 0 saturated heterocycles. The first-order chi connectivity index (χ1) is 24.3. The molecule has 0 saturated carbocycles. The third kappa shape index (κ3) is 6.86. The largest absolute Gasteiger partial charge is 0.504 e. The van der Waals surface area contributed by atoms with Crippen LogP contribution in [0.1, 0.15) is 38.3 Å². The summed E-state index contributed by atoms with van der Waals surface area (Å²) in [4.78, 5) is 32.0. The monoisotopic (exact) mass is 668 g/mol. The van der Waals surface area contributed by atoms with Crippen LogP contribution in [0.5, 0.6) is 23.0 Å². The zero-order chi connectivity index (χ0) is 35.1. The number of nitrogens with one attached hydrogen (secondary N) is 2. The van der Waals surface area contributed by atoms with Gasteiger partial charge in [0.15, 0.2) is 23.0 Å². The average molecular weight is 669 g/mol. The molecule has 0 unspecified atom stereocenters. The van der Waals surface area contributed by atoms with Crippen LogP contribution in [0.25, 0.3) is 0 Å². The van der Waals surface area contributed by atoms with Gasteiger partial charge < -0.3 is 35.6 Å². The minimum atomic E-state index is -1.10. The number of carbonyl (C=O) groups is 2. The molecule has 0 aliphatic rings. The summed E-state index contributed by atoms with van der Waals surface area (Å²) in [6.07, 6.45) is 3.80. The number of carbonyl (C=O) groups excluding carboxylic acids is 2. The summed E-state index contributed by atoms with van der Waals surface area (Å²) in [5, 5.41) is 45.1. The summed E-state index contributed by atoms with van der Waals surface area (Å²) >= 11 is 0. The quantitative estimate of drug-likeness (QED) is 0.0769. The number of phenols is 4. The van der Waals surface area contributed by atoms with Crippen molar-refractivity contribution in [2.24, 2.45) is 0 Å². The first-order valence-corrected chi connectivity index (χ1v) is 16.1. The Morgan fingerprint density at radius 2 is 1.22 bits per heavy atom. The number of benzene rings is 5. The van der Waals surface area contributed by atoms with E-state index in [1.165, 1.54) is 24.3 Å². The highest BCUT2D eigenvalue weighted by Gasteiger charge is 2.40. The van der Waals surface area contributed by atoms with Gasteiger partial charge in [0.1, 0.15) is 11.6 Å². The minimum absolute atomic E-state index is 0.0376. The molecular weight excluding hydrogens is 632 g/mol. The van der Waals surface area contributed by atoms with Crippen LogP contribution in [-0.4, -0.2) is 54.4 Å². The number of aromatic hydroxyl groups is 4. The molecular formula is C40H36N4O6. The Morgan fingerprint density at radius 1 is 0.680 bits per heavy atom. The predicted molar refractivity (Wildman–Crippen MR) is 188 cm³/mol. The molecule has 0 spiro atoms. The van der Waals surface area contributed by atoms with Crippen molar-refractivity contribution in [2.45, 2.75) is 24.4 Å². The van der Waals surface area contributed by atoms with Gasteiger partial charge in [0.05, 0.1) is 6.33 Å². The lowest BCUT2D eigenvalue weighted by Gasteiger charge is -2.39. The SMILES string of the molecule is O=C(N[C@@H](Cc1cncn1C(c1ccccc1)(c1ccccc1)c1ccccc1)C(=O)NCCc1ccc(O)c(O)c1)c1ccc(O)c(O)c1. The van der Waals surface area contributed by atoms with Crippen LogP contribution < -0.4 is 10.6 Å². The lowest BCUT2D eigenvalue weighted by atomic mass is 9.76. The molecule has 10 heteroatoms. The van der Waals surface area contributed by atoms with Crippen molar-refractivity contribution in [3.8, 4) is 23.0 Å². The highest BCUT2D eigenvalue weighted by Crippen LogP contribution is 2.41. The smallest absolute Gasteiger partial charge is 0.252 e. The number of hydrogen-bond donors (Lipinski definition) is 6. The fourth-order valence-electron chi connectivity index (χ4n) is 6.23. The molecule has 6 N–H and O–H groups in total. The molecule has 50 heavy (non-hydrogen) atoms. The number of imidazole rings is 1. The molecule has 1 aromatic heterocycles. The second kappa shape index (κ2) is 14.7. The molecule has 1 atom stereocenters. The van der Waals surface area contributed by atoms with Gasteiger partial charge in [-0.05, 0) is 59.0 Å². The zero-order valence-electron chi connectivity index (χ0n) is 27.0. The van der Waals surface area contributed by atoms with E-state index in [2.05, 4.69) is 15.6 Å². The topological polar surface area (TPSA) is 157 Å².